The van der Waals surface area contributed by atoms with Crippen LogP contribution in [0.3, 0.4) is 0 Å². The number of nitrogens with two attached hydrogens (primary N) is 2. The summed E-state index contributed by atoms with van der Waals surface area (Å²) in [7, 11) is 3.19. The molecule has 0 spiro atoms. The Labute approximate surface area is 139 Å². The highest BCUT2D eigenvalue weighted by Gasteiger charge is 2.06. The van der Waals surface area contributed by atoms with E-state index in [4.69, 9.17) is 41.3 Å². The van der Waals surface area contributed by atoms with Crippen LogP contribution in [-0.2, 0) is 9.59 Å². The maximum Gasteiger partial charge on any atom is 0.231 e. The van der Waals surface area contributed by atoms with Gasteiger partial charge >= 0.3 is 0 Å². The van der Waals surface area contributed by atoms with E-state index in [1.165, 1.54) is 0 Å². The van der Waals surface area contributed by atoms with Gasteiger partial charge in [0.15, 0.2) is 0 Å². The number of rotatable bonds is 3. The van der Waals surface area contributed by atoms with E-state index in [1.54, 1.807) is 14.2 Å². The Morgan fingerprint density at radius 3 is 1.33 bits per heavy atom. The summed E-state index contributed by atoms with van der Waals surface area (Å²) in [4.78, 5) is 16.7. The molecule has 0 radical (unpaired) electrons. The molecule has 0 aliphatic rings. The molecule has 0 saturated carbocycles. The minimum absolute atomic E-state index is 0.615. The highest BCUT2D eigenvalue weighted by Crippen LogP contribution is 2.32. The largest absolute Gasteiger partial charge is 0.495 e. The maximum atomic E-state index is 8.35. The molecule has 0 aliphatic heterocycles. The van der Waals surface area contributed by atoms with Crippen LogP contribution in [0.25, 0.3) is 11.1 Å². The fourth-order valence-electron chi connectivity index (χ4n) is 1.78. The fourth-order valence-corrected chi connectivity index (χ4v) is 1.78. The van der Waals surface area contributed by atoms with Gasteiger partial charge in [-0.1, -0.05) is 12.1 Å². The van der Waals surface area contributed by atoms with E-state index in [0.717, 1.165) is 23.3 Å². The van der Waals surface area contributed by atoms with Crippen LogP contribution in [0.4, 0.5) is 11.4 Å². The molecule has 0 amide bonds. The minimum Gasteiger partial charge on any atom is -0.495 e. The second kappa shape index (κ2) is 11.0. The lowest BCUT2D eigenvalue weighted by Gasteiger charge is -2.10. The molecular formula is C16H18N4O4. The average molecular weight is 330 g/mol. The molecule has 0 unspecified atom stereocenters. The molecular weight excluding hydrogens is 312 g/mol. The van der Waals surface area contributed by atoms with Crippen LogP contribution >= 0.6 is 0 Å². The highest BCUT2D eigenvalue weighted by atomic mass is 16.5. The number of carbonyl (C=O) groups excluding carboxylic acids is 2. The second-order valence-electron chi connectivity index (χ2n) is 4.12. The smallest absolute Gasteiger partial charge is 0.231 e. The number of ether oxygens (including phenoxy) is 2. The minimum atomic E-state index is 0.615. The Morgan fingerprint density at radius 2 is 1.08 bits per heavy atom. The molecule has 2 aromatic carbocycles. The summed E-state index contributed by atoms with van der Waals surface area (Å²) in [6.07, 6.45) is 1.50. The molecule has 2 rings (SSSR count). The first kappa shape index (κ1) is 20.4. The van der Waals surface area contributed by atoms with Crippen LogP contribution in [0.5, 0.6) is 11.5 Å². The summed E-state index contributed by atoms with van der Waals surface area (Å²) in [6, 6.07) is 11.3. The summed E-state index contributed by atoms with van der Waals surface area (Å²) in [6.45, 7) is 0. The third kappa shape index (κ3) is 6.03. The van der Waals surface area contributed by atoms with E-state index in [9.17, 15) is 0 Å². The molecule has 126 valence electrons. The molecule has 0 bridgehead atoms. The van der Waals surface area contributed by atoms with Crippen molar-refractivity contribution in [3.8, 4) is 22.6 Å². The summed E-state index contributed by atoms with van der Waals surface area (Å²) < 4.78 is 10.4. The lowest BCUT2D eigenvalue weighted by molar-refractivity contribution is 0.416. The zero-order chi connectivity index (χ0) is 18.5. The Morgan fingerprint density at radius 1 is 0.792 bits per heavy atom. The average Bonchev–Trinajstić information content (AvgIpc) is 2.57. The molecule has 0 heterocycles. The third-order valence-electron chi connectivity index (χ3n) is 2.80. The lowest BCUT2D eigenvalue weighted by Crippen LogP contribution is -1.94. The number of nitrogen functional groups attached to an aromatic ring is 2. The van der Waals surface area contributed by atoms with Crippen molar-refractivity contribution in [2.45, 2.75) is 0 Å². The van der Waals surface area contributed by atoms with Crippen molar-refractivity contribution in [2.24, 2.45) is 0 Å². The Hall–Kier alpha value is -3.60. The molecule has 8 heteroatoms. The lowest BCUT2D eigenvalue weighted by atomic mass is 10.0. The standard InChI is InChI=1S/C14H16N2O2.2CHNO/c1-17-13-7-9(3-5-11(13)15)10-4-6-12(16)14(8-10)18-2;2*2-1-3/h3-8H,15-16H2,1-2H3;2*2H. The first-order chi connectivity index (χ1) is 11.5. The van der Waals surface area contributed by atoms with Crippen molar-refractivity contribution in [2.75, 3.05) is 25.7 Å². The van der Waals surface area contributed by atoms with Crippen molar-refractivity contribution < 1.29 is 19.1 Å². The van der Waals surface area contributed by atoms with E-state index in [-0.39, 0.29) is 0 Å². The van der Waals surface area contributed by atoms with Gasteiger partial charge in [0, 0.05) is 0 Å². The Bertz CT molecular complexity index is 671. The number of isocyanates is 2. The van der Waals surface area contributed by atoms with Crippen LogP contribution in [0.2, 0.25) is 0 Å². The van der Waals surface area contributed by atoms with Gasteiger partial charge < -0.3 is 20.9 Å². The molecule has 24 heavy (non-hydrogen) atoms. The van der Waals surface area contributed by atoms with Crippen LogP contribution in [0.15, 0.2) is 36.4 Å². The first-order valence-corrected chi connectivity index (χ1v) is 6.44. The molecule has 2 aromatic rings. The van der Waals surface area contributed by atoms with E-state index in [2.05, 4.69) is 0 Å². The van der Waals surface area contributed by atoms with E-state index < -0.39 is 0 Å². The Balaban J connectivity index is 0.000000772. The third-order valence-corrected chi connectivity index (χ3v) is 2.80. The molecule has 0 atom stereocenters. The van der Waals surface area contributed by atoms with Crippen LogP contribution < -0.4 is 20.9 Å². The van der Waals surface area contributed by atoms with Gasteiger partial charge in [-0.25, -0.2) is 20.4 Å². The predicted octanol–water partition coefficient (Wildman–Crippen LogP) is 2.34. The maximum absolute atomic E-state index is 8.35. The number of nitrogens with one attached hydrogen (secondary N) is 2. The van der Waals surface area contributed by atoms with Gasteiger partial charge in [-0.3, -0.25) is 0 Å². The molecule has 0 fully saturated rings. The normalized spacial score (nSPS) is 8.25. The summed E-state index contributed by atoms with van der Waals surface area (Å²) in [5.74, 6) is 1.31. The van der Waals surface area contributed by atoms with Gasteiger partial charge in [-0.05, 0) is 35.4 Å². The highest BCUT2D eigenvalue weighted by molar-refractivity contribution is 5.73. The number of benzene rings is 2. The number of hydrogen-bond donors (Lipinski definition) is 4. The van der Waals surface area contributed by atoms with E-state index in [0.29, 0.717) is 22.9 Å². The molecule has 0 aromatic heterocycles. The quantitative estimate of drug-likeness (QED) is 0.385. The van der Waals surface area contributed by atoms with Gasteiger partial charge in [0.1, 0.15) is 11.5 Å². The first-order valence-electron chi connectivity index (χ1n) is 6.44. The zero-order valence-corrected chi connectivity index (χ0v) is 13.3. The van der Waals surface area contributed by atoms with Crippen molar-refractivity contribution in [3.63, 3.8) is 0 Å². The van der Waals surface area contributed by atoms with Gasteiger partial charge in [-0.15, -0.1) is 0 Å². The Kier molecular flexibility index (Phi) is 9.38. The summed E-state index contributed by atoms with van der Waals surface area (Å²) >= 11 is 0. The fraction of sp³-hybridized carbons (Fsp3) is 0.125. The zero-order valence-electron chi connectivity index (χ0n) is 13.3. The summed E-state index contributed by atoms with van der Waals surface area (Å²) in [5, 5.41) is 10.8. The van der Waals surface area contributed by atoms with Gasteiger partial charge in [-0.2, -0.15) is 0 Å². The van der Waals surface area contributed by atoms with Crippen molar-refractivity contribution in [3.05, 3.63) is 36.4 Å². The number of hydrogen-bond acceptors (Lipinski definition) is 8. The second-order valence-corrected chi connectivity index (χ2v) is 4.12. The van der Waals surface area contributed by atoms with Gasteiger partial charge in [0.05, 0.1) is 25.6 Å². The van der Waals surface area contributed by atoms with Crippen LogP contribution in [0.1, 0.15) is 0 Å². The van der Waals surface area contributed by atoms with E-state index >= 15 is 0 Å². The monoisotopic (exact) mass is 330 g/mol. The van der Waals surface area contributed by atoms with Crippen molar-refractivity contribution in [1.82, 2.24) is 0 Å². The molecule has 8 nitrogen and oxygen atoms in total. The molecule has 6 N–H and O–H groups in total. The SMILES string of the molecule is COc1cc(-c2ccc(N)c(OC)c2)ccc1N.N=C=O.N=C=O. The van der Waals surface area contributed by atoms with Crippen LogP contribution in [0, 0.1) is 10.8 Å². The van der Waals surface area contributed by atoms with Gasteiger partial charge in [0.2, 0.25) is 12.2 Å². The van der Waals surface area contributed by atoms with E-state index in [1.807, 2.05) is 36.4 Å². The summed E-state index contributed by atoms with van der Waals surface area (Å²) in [5.41, 5.74) is 14.8. The topological polar surface area (TPSA) is 152 Å². The van der Waals surface area contributed by atoms with Gasteiger partial charge in [0.25, 0.3) is 0 Å². The van der Waals surface area contributed by atoms with Crippen LogP contribution in [-0.4, -0.2) is 26.4 Å². The molecule has 0 saturated heterocycles. The van der Waals surface area contributed by atoms with Crippen molar-refractivity contribution in [1.29, 1.82) is 10.8 Å². The predicted molar refractivity (Wildman–Crippen MR) is 90.6 cm³/mol. The number of anilines is 2. The number of methoxy groups -OCH3 is 2. The molecule has 0 aliphatic carbocycles. The van der Waals surface area contributed by atoms with Crippen molar-refractivity contribution >= 4 is 23.5 Å².